The van der Waals surface area contributed by atoms with Crippen LogP contribution in [0.25, 0.3) is 0 Å². The van der Waals surface area contributed by atoms with E-state index in [0.717, 1.165) is 44.9 Å². The first-order valence-electron chi connectivity index (χ1n) is 9.40. The number of unbranched alkanes of at least 4 members (excludes halogenated alkanes) is 3. The van der Waals surface area contributed by atoms with Crippen LogP contribution in [0, 0.1) is 16.7 Å². The molecule has 3 rings (SSSR count). The zero-order valence-corrected chi connectivity index (χ0v) is 16.3. The molecule has 1 amide bonds. The minimum atomic E-state index is -3.50. The Bertz CT molecular complexity index is 664. The van der Waals surface area contributed by atoms with Gasteiger partial charge in [-0.15, -0.1) is 0 Å². The Labute approximate surface area is 146 Å². The molecule has 5 heteroatoms. The van der Waals surface area contributed by atoms with Crippen LogP contribution in [0.5, 0.6) is 0 Å². The predicted octanol–water partition coefficient (Wildman–Crippen LogP) is 3.88. The summed E-state index contributed by atoms with van der Waals surface area (Å²) in [5.41, 5.74) is 0.375. The van der Waals surface area contributed by atoms with E-state index in [9.17, 15) is 13.2 Å². The third-order valence-corrected chi connectivity index (χ3v) is 9.11. The summed E-state index contributed by atoms with van der Waals surface area (Å²) in [6, 6.07) is -0.122. The number of fused-ring (bicyclic) bond motifs is 1. The van der Waals surface area contributed by atoms with Gasteiger partial charge in [-0.2, -0.15) is 0 Å². The molecule has 3 fully saturated rings. The number of hydrogen-bond acceptors (Lipinski definition) is 3. The third-order valence-electron chi connectivity index (χ3n) is 7.21. The molecule has 2 bridgehead atoms. The lowest BCUT2D eigenvalue weighted by molar-refractivity contribution is -0.125. The molecule has 2 saturated carbocycles. The van der Waals surface area contributed by atoms with Crippen molar-refractivity contribution in [2.45, 2.75) is 78.7 Å². The van der Waals surface area contributed by atoms with Gasteiger partial charge in [-0.3, -0.25) is 4.79 Å². The maximum Gasteiger partial charge on any atom is 0.262 e. The number of carbonyl (C=O) groups is 1. The van der Waals surface area contributed by atoms with Gasteiger partial charge in [0.2, 0.25) is 10.0 Å². The molecule has 2 aliphatic carbocycles. The van der Waals surface area contributed by atoms with E-state index in [4.69, 9.17) is 0 Å². The highest BCUT2D eigenvalue weighted by Crippen LogP contribution is 2.70. The molecule has 4 nitrogen and oxygen atoms in total. The summed E-state index contributed by atoms with van der Waals surface area (Å²) in [4.78, 5) is 12.9. The minimum absolute atomic E-state index is 0.0124. The summed E-state index contributed by atoms with van der Waals surface area (Å²) in [6.07, 6.45) is 9.01. The van der Waals surface area contributed by atoms with Crippen LogP contribution in [0.1, 0.15) is 72.6 Å². The van der Waals surface area contributed by atoms with Crippen LogP contribution in [-0.4, -0.2) is 30.4 Å². The molecule has 3 atom stereocenters. The second-order valence-corrected chi connectivity index (χ2v) is 10.5. The Morgan fingerprint density at radius 3 is 2.62 bits per heavy atom. The van der Waals surface area contributed by atoms with E-state index in [1.54, 1.807) is 6.92 Å². The molecular formula is C19H31NO3S. The van der Waals surface area contributed by atoms with E-state index in [0.29, 0.717) is 11.5 Å². The minimum Gasteiger partial charge on any atom is -0.268 e. The van der Waals surface area contributed by atoms with E-state index in [-0.39, 0.29) is 28.5 Å². The highest BCUT2D eigenvalue weighted by molar-refractivity contribution is 7.90. The van der Waals surface area contributed by atoms with Gasteiger partial charge in [0.1, 0.15) is 0 Å². The van der Waals surface area contributed by atoms with Gasteiger partial charge in [0.25, 0.3) is 5.91 Å². The van der Waals surface area contributed by atoms with Crippen molar-refractivity contribution in [3.8, 4) is 0 Å². The summed E-state index contributed by atoms with van der Waals surface area (Å²) in [7, 11) is -3.50. The molecule has 0 aromatic rings. The normalized spacial score (nSPS) is 36.2. The fourth-order valence-electron chi connectivity index (χ4n) is 5.53. The van der Waals surface area contributed by atoms with Gasteiger partial charge in [-0.05, 0) is 50.4 Å². The first kappa shape index (κ1) is 18.0. The number of amides is 1. The molecule has 136 valence electrons. The summed E-state index contributed by atoms with van der Waals surface area (Å²) in [5, 5.41) is 0. The Morgan fingerprint density at radius 1 is 1.29 bits per heavy atom. The molecular weight excluding hydrogens is 322 g/mol. The Hall–Kier alpha value is -0.840. The average molecular weight is 354 g/mol. The highest BCUT2D eigenvalue weighted by Gasteiger charge is 2.72. The number of sulfonamides is 1. The second-order valence-electron chi connectivity index (χ2n) is 8.61. The molecule has 1 saturated heterocycles. The molecule has 1 heterocycles. The number of carbonyl (C=O) groups excluding carboxylic acids is 1. The number of rotatable bonds is 5. The predicted molar refractivity (Wildman–Crippen MR) is 95.9 cm³/mol. The SMILES string of the molecule is CCCCC/C=C(\C)C(=O)N1[C@H]2C[C@@H]3CC[C@@]2(CS1(=O)=O)C3(C)C. The smallest absolute Gasteiger partial charge is 0.262 e. The van der Waals surface area contributed by atoms with Crippen molar-refractivity contribution in [1.29, 1.82) is 0 Å². The average Bonchev–Trinajstić information content (AvgIpc) is 2.97. The first-order chi connectivity index (χ1) is 11.2. The van der Waals surface area contributed by atoms with Gasteiger partial charge in [0, 0.05) is 11.0 Å². The van der Waals surface area contributed by atoms with Gasteiger partial charge < -0.3 is 0 Å². The molecule has 0 aromatic carbocycles. The molecule has 24 heavy (non-hydrogen) atoms. The zero-order chi connectivity index (χ0) is 17.8. The van der Waals surface area contributed by atoms with Crippen molar-refractivity contribution < 1.29 is 13.2 Å². The Morgan fingerprint density at radius 2 is 2.00 bits per heavy atom. The monoisotopic (exact) mass is 353 g/mol. The van der Waals surface area contributed by atoms with Crippen LogP contribution in [0.3, 0.4) is 0 Å². The van der Waals surface area contributed by atoms with Crippen molar-refractivity contribution in [2.24, 2.45) is 16.7 Å². The lowest BCUT2D eigenvalue weighted by Gasteiger charge is -2.37. The van der Waals surface area contributed by atoms with Crippen LogP contribution in [0.15, 0.2) is 11.6 Å². The van der Waals surface area contributed by atoms with E-state index in [1.165, 1.54) is 4.31 Å². The summed E-state index contributed by atoms with van der Waals surface area (Å²) >= 11 is 0. The number of nitrogens with zero attached hydrogens (tertiary/aromatic N) is 1. The van der Waals surface area contributed by atoms with E-state index in [1.807, 2.05) is 6.08 Å². The van der Waals surface area contributed by atoms with Crippen LogP contribution in [0.2, 0.25) is 0 Å². The van der Waals surface area contributed by atoms with Gasteiger partial charge in [0.15, 0.2) is 0 Å². The Kier molecular flexibility index (Phi) is 4.38. The number of allylic oxidation sites excluding steroid dienone is 1. The Balaban J connectivity index is 1.85. The van der Waals surface area contributed by atoms with Crippen LogP contribution >= 0.6 is 0 Å². The maximum absolute atomic E-state index is 12.9. The molecule has 0 aromatic heterocycles. The van der Waals surface area contributed by atoms with E-state index < -0.39 is 10.0 Å². The zero-order valence-electron chi connectivity index (χ0n) is 15.5. The molecule has 0 N–H and O–H groups in total. The van der Waals surface area contributed by atoms with Crippen molar-refractivity contribution in [3.05, 3.63) is 11.6 Å². The van der Waals surface area contributed by atoms with Crippen molar-refractivity contribution >= 4 is 15.9 Å². The summed E-state index contributed by atoms with van der Waals surface area (Å²) in [6.45, 7) is 8.34. The molecule has 1 aliphatic heterocycles. The quantitative estimate of drug-likeness (QED) is 0.557. The molecule has 3 aliphatic rings. The van der Waals surface area contributed by atoms with Crippen molar-refractivity contribution in [1.82, 2.24) is 4.31 Å². The highest BCUT2D eigenvalue weighted by atomic mass is 32.2. The molecule has 1 spiro atoms. The summed E-state index contributed by atoms with van der Waals surface area (Å²) < 4.78 is 27.0. The third kappa shape index (κ3) is 2.38. The van der Waals surface area contributed by atoms with Crippen LogP contribution in [-0.2, 0) is 14.8 Å². The number of hydrogen-bond donors (Lipinski definition) is 0. The largest absolute Gasteiger partial charge is 0.268 e. The van der Waals surface area contributed by atoms with Crippen molar-refractivity contribution in [2.75, 3.05) is 5.75 Å². The van der Waals surface area contributed by atoms with E-state index >= 15 is 0 Å². The fourth-order valence-corrected chi connectivity index (χ4v) is 8.10. The van der Waals surface area contributed by atoms with Crippen LogP contribution in [0.4, 0.5) is 0 Å². The standard InChI is InChI=1S/C19H31NO3S/c1-5-6-7-8-9-14(2)17(21)20-16-12-15-10-11-19(16,18(15,3)4)13-24(20,22)23/h9,15-16H,5-8,10-13H2,1-4H3/b14-9+/t15-,16-,19-/m0/s1. The lowest BCUT2D eigenvalue weighted by atomic mass is 9.69. The lowest BCUT2D eigenvalue weighted by Crippen LogP contribution is -2.44. The van der Waals surface area contributed by atoms with E-state index in [2.05, 4.69) is 20.8 Å². The fraction of sp³-hybridized carbons (Fsp3) is 0.842. The molecule has 0 unspecified atom stereocenters. The van der Waals surface area contributed by atoms with Crippen molar-refractivity contribution in [3.63, 3.8) is 0 Å². The van der Waals surface area contributed by atoms with Gasteiger partial charge in [0.05, 0.1) is 11.8 Å². The topological polar surface area (TPSA) is 54.5 Å². The first-order valence-corrected chi connectivity index (χ1v) is 11.0. The maximum atomic E-state index is 12.9. The van der Waals surface area contributed by atoms with Crippen LogP contribution < -0.4 is 0 Å². The van der Waals surface area contributed by atoms with Gasteiger partial charge in [-0.1, -0.05) is 39.7 Å². The molecule has 0 radical (unpaired) electrons. The van der Waals surface area contributed by atoms with Gasteiger partial charge in [-0.25, -0.2) is 12.7 Å². The second kappa shape index (κ2) is 5.86. The summed E-state index contributed by atoms with van der Waals surface area (Å²) in [5.74, 6) is 0.419. The van der Waals surface area contributed by atoms with Gasteiger partial charge >= 0.3 is 0 Å².